The van der Waals surface area contributed by atoms with Gasteiger partial charge in [0, 0.05) is 5.92 Å². The number of hydrogen-bond acceptors (Lipinski definition) is 5. The first-order chi connectivity index (χ1) is 18.6. The van der Waals surface area contributed by atoms with E-state index in [1.165, 1.54) is 18.4 Å². The Morgan fingerprint density at radius 3 is 2.38 bits per heavy atom. The minimum Gasteiger partial charge on any atom is -0.662 e. The number of halogens is 4. The molecule has 0 atom stereocenters. The van der Waals surface area contributed by atoms with Crippen molar-refractivity contribution in [1.29, 1.82) is 0 Å². The molecule has 0 saturated heterocycles. The smallest absolute Gasteiger partial charge is 0.416 e. The van der Waals surface area contributed by atoms with Crippen LogP contribution < -0.4 is 9.47 Å². The fourth-order valence-corrected chi connectivity index (χ4v) is 5.10. The number of thiazole rings is 1. The number of carboxylic acids is 1. The maximum atomic E-state index is 13.5. The Balaban J connectivity index is 0.000000187. The number of carbonyl (C=O) groups is 1. The molecule has 6 nitrogen and oxygen atoms in total. The van der Waals surface area contributed by atoms with Gasteiger partial charge >= 0.3 is 12.1 Å². The molecule has 210 valence electrons. The van der Waals surface area contributed by atoms with Crippen molar-refractivity contribution in [2.75, 3.05) is 27.3 Å². The minimum atomic E-state index is -4.70. The van der Waals surface area contributed by atoms with Gasteiger partial charge in [0.05, 0.1) is 29.7 Å². The average Bonchev–Trinajstić information content (AvgIpc) is 3.84. The van der Waals surface area contributed by atoms with E-state index in [4.69, 9.17) is 14.6 Å². The molecule has 0 bridgehead atoms. The third kappa shape index (κ3) is 7.92. The lowest BCUT2D eigenvalue weighted by atomic mass is 10.1. The second-order valence-electron chi connectivity index (χ2n) is 9.55. The number of benzene rings is 2. The molecule has 1 aromatic heterocycles. The number of ether oxygens (including phenoxy) is 2. The summed E-state index contributed by atoms with van der Waals surface area (Å²) in [7, 11) is 3.32. The number of aromatic carboxylic acids is 1. The third-order valence-corrected chi connectivity index (χ3v) is 7.62. The number of alkyl halides is 3. The molecule has 1 heterocycles. The van der Waals surface area contributed by atoms with Crippen molar-refractivity contribution in [2.45, 2.75) is 44.2 Å². The van der Waals surface area contributed by atoms with Gasteiger partial charge in [-0.1, -0.05) is 24.8 Å². The van der Waals surface area contributed by atoms with Crippen molar-refractivity contribution >= 4 is 17.3 Å². The van der Waals surface area contributed by atoms with E-state index >= 15 is 0 Å². The molecule has 2 fully saturated rings. The van der Waals surface area contributed by atoms with Gasteiger partial charge in [-0.25, -0.2) is 14.2 Å². The molecular weight excluding hydrogens is 536 g/mol. The predicted octanol–water partition coefficient (Wildman–Crippen LogP) is 7.57. The van der Waals surface area contributed by atoms with Gasteiger partial charge in [0.25, 0.3) is 0 Å². The summed E-state index contributed by atoms with van der Waals surface area (Å²) in [6.07, 6.45) is 0.781. The highest BCUT2D eigenvalue weighted by Gasteiger charge is 2.33. The highest BCUT2D eigenvalue weighted by molar-refractivity contribution is 7.15. The van der Waals surface area contributed by atoms with E-state index < -0.39 is 23.5 Å². The minimum absolute atomic E-state index is 0.0550. The van der Waals surface area contributed by atoms with Crippen molar-refractivity contribution in [3.05, 3.63) is 69.4 Å². The number of hydrogen-bond donors (Lipinski definition) is 1. The van der Waals surface area contributed by atoms with Crippen LogP contribution in [0.15, 0.2) is 36.4 Å². The van der Waals surface area contributed by atoms with Crippen molar-refractivity contribution in [2.24, 2.45) is 5.92 Å². The molecule has 2 aliphatic carbocycles. The number of aromatic nitrogens is 1. The molecule has 5 rings (SSSR count). The van der Waals surface area contributed by atoms with Crippen LogP contribution in [0.5, 0.6) is 11.5 Å². The van der Waals surface area contributed by atoms with Crippen LogP contribution in [-0.2, 0) is 12.6 Å². The highest BCUT2D eigenvalue weighted by Crippen LogP contribution is 2.45. The van der Waals surface area contributed by atoms with Gasteiger partial charge in [0.1, 0.15) is 5.82 Å². The van der Waals surface area contributed by atoms with Crippen molar-refractivity contribution < 1.29 is 36.9 Å². The molecular formula is C28H29F4N2O4S-. The van der Waals surface area contributed by atoms with Gasteiger partial charge in [-0.3, -0.25) is 0 Å². The quantitative estimate of drug-likeness (QED) is 0.203. The summed E-state index contributed by atoms with van der Waals surface area (Å²) in [5.41, 5.74) is -0.345. The Morgan fingerprint density at radius 2 is 1.79 bits per heavy atom. The molecule has 0 spiro atoms. The van der Waals surface area contributed by atoms with E-state index in [0.717, 1.165) is 73.2 Å². The third-order valence-electron chi connectivity index (χ3n) is 6.35. The van der Waals surface area contributed by atoms with E-state index in [1.54, 1.807) is 14.2 Å². The fraction of sp³-hybridized carbons (Fsp3) is 0.429. The molecule has 0 unspecified atom stereocenters. The summed E-state index contributed by atoms with van der Waals surface area (Å²) in [4.78, 5) is 15.3. The predicted molar refractivity (Wildman–Crippen MR) is 141 cm³/mol. The van der Waals surface area contributed by atoms with Crippen molar-refractivity contribution in [3.63, 3.8) is 0 Å². The molecule has 1 N–H and O–H groups in total. The lowest BCUT2D eigenvalue weighted by molar-refractivity contribution is -0.137. The SMILES string of the molecule is COc1ccc(CC[N-]CC2CC2)cc1OC.O=C(O)c1nc(C2CC2)sc1-c1cc(F)cc(C(F)(F)F)c1. The van der Waals surface area contributed by atoms with E-state index in [0.29, 0.717) is 11.1 Å². The van der Waals surface area contributed by atoms with Crippen molar-refractivity contribution in [1.82, 2.24) is 4.98 Å². The van der Waals surface area contributed by atoms with Crippen molar-refractivity contribution in [3.8, 4) is 21.9 Å². The van der Waals surface area contributed by atoms with Gasteiger partial charge in [-0.05, 0) is 60.7 Å². The normalized spacial score (nSPS) is 14.9. The van der Waals surface area contributed by atoms with Crippen LogP contribution in [0.3, 0.4) is 0 Å². The van der Waals surface area contributed by atoms with Gasteiger partial charge < -0.3 is 19.9 Å². The van der Waals surface area contributed by atoms with Crippen LogP contribution >= 0.6 is 11.3 Å². The number of carboxylic acid groups (broad SMARTS) is 1. The molecule has 2 aromatic carbocycles. The maximum absolute atomic E-state index is 13.5. The van der Waals surface area contributed by atoms with E-state index in [2.05, 4.69) is 16.4 Å². The van der Waals surface area contributed by atoms with Crippen LogP contribution in [0.4, 0.5) is 17.6 Å². The molecule has 0 radical (unpaired) electrons. The molecule has 3 aromatic rings. The number of methoxy groups -OCH3 is 2. The Morgan fingerprint density at radius 1 is 1.08 bits per heavy atom. The summed E-state index contributed by atoms with van der Waals surface area (Å²) in [5, 5.41) is 14.3. The van der Waals surface area contributed by atoms with Crippen LogP contribution in [-0.4, -0.2) is 43.4 Å². The van der Waals surface area contributed by atoms with E-state index in [1.807, 2.05) is 12.1 Å². The highest BCUT2D eigenvalue weighted by atomic mass is 32.1. The molecule has 11 heteroatoms. The molecule has 0 aliphatic heterocycles. The average molecular weight is 566 g/mol. The summed E-state index contributed by atoms with van der Waals surface area (Å²) >= 11 is 1.01. The first-order valence-corrected chi connectivity index (χ1v) is 13.4. The Bertz CT molecular complexity index is 1300. The zero-order chi connectivity index (χ0) is 28.2. The van der Waals surface area contributed by atoms with Crippen LogP contribution in [0, 0.1) is 11.7 Å². The Labute approximate surface area is 228 Å². The van der Waals surface area contributed by atoms with Crippen LogP contribution in [0.25, 0.3) is 15.8 Å². The Hall–Kier alpha value is -3.18. The van der Waals surface area contributed by atoms with E-state index in [9.17, 15) is 22.4 Å². The summed E-state index contributed by atoms with van der Waals surface area (Å²) < 4.78 is 62.3. The monoisotopic (exact) mass is 565 g/mol. The lowest BCUT2D eigenvalue weighted by Gasteiger charge is -2.18. The van der Waals surface area contributed by atoms with Gasteiger partial charge in [0.2, 0.25) is 0 Å². The summed E-state index contributed by atoms with van der Waals surface area (Å²) in [6, 6.07) is 8.09. The molecule has 2 saturated carbocycles. The topological polar surface area (TPSA) is 82.8 Å². The zero-order valence-electron chi connectivity index (χ0n) is 21.6. The molecule has 2 aliphatic rings. The van der Waals surface area contributed by atoms with E-state index in [-0.39, 0.29) is 22.1 Å². The van der Waals surface area contributed by atoms with Gasteiger partial charge in [-0.2, -0.15) is 13.2 Å². The second kappa shape index (κ2) is 12.3. The Kier molecular flexibility index (Phi) is 9.12. The summed E-state index contributed by atoms with van der Waals surface area (Å²) in [6.45, 7) is 1.96. The molecule has 39 heavy (non-hydrogen) atoms. The van der Waals surface area contributed by atoms with Gasteiger partial charge in [-0.15, -0.1) is 24.4 Å². The molecule has 0 amide bonds. The standard InChI is InChI=1S/C14H9F4NO2S.C14H20NO2/c15-9-4-7(3-8(5-9)14(16,17)18)11-10(13(20)21)19-12(22-11)6-1-2-6;1-16-13-6-5-11(9-14(13)17-2)7-8-15-10-12-3-4-12/h3-6H,1-2H2,(H,20,21);5-6,9,12H,3-4,7-8,10H2,1-2H3/q;-1. The summed E-state index contributed by atoms with van der Waals surface area (Å²) in [5.74, 6) is 0.227. The van der Waals surface area contributed by atoms with Crippen LogP contribution in [0.1, 0.15) is 58.2 Å². The second-order valence-corrected chi connectivity index (χ2v) is 10.6. The van der Waals surface area contributed by atoms with Crippen LogP contribution in [0.2, 0.25) is 0 Å². The first kappa shape index (κ1) is 28.8. The number of nitrogens with zero attached hydrogens (tertiary/aromatic N) is 2. The largest absolute Gasteiger partial charge is 0.662 e. The zero-order valence-corrected chi connectivity index (χ0v) is 22.4. The van der Waals surface area contributed by atoms with Gasteiger partial charge in [0.15, 0.2) is 17.2 Å². The fourth-order valence-electron chi connectivity index (χ4n) is 3.89. The maximum Gasteiger partial charge on any atom is 0.416 e. The number of rotatable bonds is 10. The first-order valence-electron chi connectivity index (χ1n) is 12.5. The lowest BCUT2D eigenvalue weighted by Crippen LogP contribution is -2.06.